The summed E-state index contributed by atoms with van der Waals surface area (Å²) in [5, 5.41) is 0. The largest absolute Gasteiger partial charge is 0.378 e. The van der Waals surface area contributed by atoms with E-state index in [1.54, 1.807) is 0 Å². The first-order chi connectivity index (χ1) is 4.70. The van der Waals surface area contributed by atoms with Crippen LogP contribution in [0.3, 0.4) is 0 Å². The standard InChI is InChI=1S/C8H10BN/c1-10(2)8-5-3-4-7(9)6-8/h3-6H,1-2H3. The van der Waals surface area contributed by atoms with Gasteiger partial charge in [-0.2, -0.15) is 0 Å². The van der Waals surface area contributed by atoms with Gasteiger partial charge in [-0.3, -0.25) is 0 Å². The van der Waals surface area contributed by atoms with E-state index in [0.717, 1.165) is 11.2 Å². The summed E-state index contributed by atoms with van der Waals surface area (Å²) in [7, 11) is 9.56. The molecule has 1 nitrogen and oxygen atoms in total. The Labute approximate surface area is 63.1 Å². The van der Waals surface area contributed by atoms with E-state index in [4.69, 9.17) is 7.85 Å². The summed E-state index contributed by atoms with van der Waals surface area (Å²) in [5.74, 6) is 0. The molecule has 1 aromatic carbocycles. The van der Waals surface area contributed by atoms with Gasteiger partial charge in [0.25, 0.3) is 0 Å². The van der Waals surface area contributed by atoms with Crippen molar-refractivity contribution in [3.63, 3.8) is 0 Å². The third-order valence-corrected chi connectivity index (χ3v) is 1.39. The molecule has 0 unspecified atom stereocenters. The second kappa shape index (κ2) is 2.78. The predicted octanol–water partition coefficient (Wildman–Crippen LogP) is 0.546. The van der Waals surface area contributed by atoms with Crippen LogP contribution in [0.5, 0.6) is 0 Å². The van der Waals surface area contributed by atoms with Gasteiger partial charge in [0.2, 0.25) is 0 Å². The molecule has 0 heterocycles. The lowest BCUT2D eigenvalue weighted by Crippen LogP contribution is -2.11. The minimum atomic E-state index is 0.811. The van der Waals surface area contributed by atoms with Crippen LogP contribution in [0.1, 0.15) is 0 Å². The van der Waals surface area contributed by atoms with Gasteiger partial charge in [-0.25, -0.2) is 0 Å². The highest BCUT2D eigenvalue weighted by atomic mass is 15.1. The molecular weight excluding hydrogens is 121 g/mol. The molecule has 0 aliphatic carbocycles. The minimum absolute atomic E-state index is 0.811. The molecule has 0 amide bonds. The third kappa shape index (κ3) is 1.53. The van der Waals surface area contributed by atoms with E-state index in [0.29, 0.717) is 0 Å². The summed E-state index contributed by atoms with van der Waals surface area (Å²) in [6, 6.07) is 7.80. The van der Waals surface area contributed by atoms with Crippen LogP contribution in [-0.2, 0) is 0 Å². The van der Waals surface area contributed by atoms with Crippen LogP contribution in [0.25, 0.3) is 0 Å². The summed E-state index contributed by atoms with van der Waals surface area (Å²) in [6.45, 7) is 0. The van der Waals surface area contributed by atoms with Gasteiger partial charge in [-0.1, -0.05) is 17.6 Å². The molecule has 0 aliphatic rings. The minimum Gasteiger partial charge on any atom is -0.378 e. The fourth-order valence-electron chi connectivity index (χ4n) is 0.803. The van der Waals surface area contributed by atoms with Crippen molar-refractivity contribution in [2.24, 2.45) is 0 Å². The zero-order valence-corrected chi connectivity index (χ0v) is 6.33. The quantitative estimate of drug-likeness (QED) is 0.503. The van der Waals surface area contributed by atoms with E-state index >= 15 is 0 Å². The molecule has 0 bridgehead atoms. The second-order valence-electron chi connectivity index (χ2n) is 2.49. The molecule has 0 N–H and O–H groups in total. The Morgan fingerprint density at radius 2 is 2.00 bits per heavy atom. The number of rotatable bonds is 1. The van der Waals surface area contributed by atoms with Crippen LogP contribution < -0.4 is 10.4 Å². The first-order valence-corrected chi connectivity index (χ1v) is 3.23. The van der Waals surface area contributed by atoms with Crippen LogP contribution >= 0.6 is 0 Å². The molecule has 0 spiro atoms. The lowest BCUT2D eigenvalue weighted by molar-refractivity contribution is 1.13. The van der Waals surface area contributed by atoms with Crippen molar-refractivity contribution in [1.82, 2.24) is 0 Å². The smallest absolute Gasteiger partial charge is 0.113 e. The molecule has 2 heteroatoms. The summed E-state index contributed by atoms with van der Waals surface area (Å²) in [4.78, 5) is 2.02. The summed E-state index contributed by atoms with van der Waals surface area (Å²) in [5.41, 5.74) is 1.95. The molecule has 2 radical (unpaired) electrons. The molecule has 10 heavy (non-hydrogen) atoms. The van der Waals surface area contributed by atoms with Crippen molar-refractivity contribution < 1.29 is 0 Å². The number of benzene rings is 1. The van der Waals surface area contributed by atoms with Crippen molar-refractivity contribution in [2.45, 2.75) is 0 Å². The van der Waals surface area contributed by atoms with E-state index in [1.807, 2.05) is 43.3 Å². The number of hydrogen-bond acceptors (Lipinski definition) is 1. The Bertz CT molecular complexity index is 220. The zero-order valence-electron chi connectivity index (χ0n) is 6.33. The van der Waals surface area contributed by atoms with E-state index < -0.39 is 0 Å². The average Bonchev–Trinajstić information content (AvgIpc) is 1.88. The Morgan fingerprint density at radius 1 is 1.30 bits per heavy atom. The van der Waals surface area contributed by atoms with E-state index in [9.17, 15) is 0 Å². The van der Waals surface area contributed by atoms with Gasteiger partial charge in [0.1, 0.15) is 7.85 Å². The zero-order chi connectivity index (χ0) is 7.56. The fourth-order valence-corrected chi connectivity index (χ4v) is 0.803. The predicted molar refractivity (Wildman–Crippen MR) is 46.2 cm³/mol. The normalized spacial score (nSPS) is 9.40. The first kappa shape index (κ1) is 7.20. The summed E-state index contributed by atoms with van der Waals surface area (Å²) < 4.78 is 0. The van der Waals surface area contributed by atoms with Crippen LogP contribution in [-0.4, -0.2) is 21.9 Å². The highest BCUT2D eigenvalue weighted by Crippen LogP contribution is 2.05. The van der Waals surface area contributed by atoms with Gasteiger partial charge in [0, 0.05) is 19.8 Å². The molecule has 1 aromatic rings. The highest BCUT2D eigenvalue weighted by molar-refractivity contribution is 6.32. The maximum Gasteiger partial charge on any atom is 0.113 e. The molecule has 50 valence electrons. The van der Waals surface area contributed by atoms with Gasteiger partial charge in [0.15, 0.2) is 0 Å². The molecule has 0 aromatic heterocycles. The van der Waals surface area contributed by atoms with Gasteiger partial charge in [-0.15, -0.1) is 0 Å². The Morgan fingerprint density at radius 3 is 2.40 bits per heavy atom. The van der Waals surface area contributed by atoms with Crippen molar-refractivity contribution in [3.8, 4) is 0 Å². The summed E-state index contributed by atoms with van der Waals surface area (Å²) in [6.07, 6.45) is 0. The van der Waals surface area contributed by atoms with E-state index in [1.165, 1.54) is 0 Å². The molecular formula is C8H10BN. The van der Waals surface area contributed by atoms with Crippen LogP contribution in [0, 0.1) is 0 Å². The highest BCUT2D eigenvalue weighted by Gasteiger charge is 1.91. The first-order valence-electron chi connectivity index (χ1n) is 3.23. The molecule has 0 saturated heterocycles. The molecule has 0 fully saturated rings. The topological polar surface area (TPSA) is 3.24 Å². The Hall–Kier alpha value is -0.915. The summed E-state index contributed by atoms with van der Waals surface area (Å²) >= 11 is 0. The number of anilines is 1. The van der Waals surface area contributed by atoms with Gasteiger partial charge in [0.05, 0.1) is 0 Å². The van der Waals surface area contributed by atoms with E-state index in [-0.39, 0.29) is 0 Å². The Kier molecular flexibility index (Phi) is 2.00. The molecule has 1 rings (SSSR count). The maximum atomic E-state index is 5.57. The number of nitrogens with zero attached hydrogens (tertiary/aromatic N) is 1. The molecule has 0 aliphatic heterocycles. The van der Waals surface area contributed by atoms with Gasteiger partial charge < -0.3 is 4.90 Å². The monoisotopic (exact) mass is 131 g/mol. The van der Waals surface area contributed by atoms with Crippen molar-refractivity contribution in [3.05, 3.63) is 24.3 Å². The fraction of sp³-hybridized carbons (Fsp3) is 0.250. The van der Waals surface area contributed by atoms with Gasteiger partial charge in [-0.05, 0) is 12.1 Å². The third-order valence-electron chi connectivity index (χ3n) is 1.39. The van der Waals surface area contributed by atoms with Crippen molar-refractivity contribution in [2.75, 3.05) is 19.0 Å². The lowest BCUT2D eigenvalue weighted by Gasteiger charge is -2.12. The van der Waals surface area contributed by atoms with Crippen molar-refractivity contribution in [1.29, 1.82) is 0 Å². The number of hydrogen-bond donors (Lipinski definition) is 0. The lowest BCUT2D eigenvalue weighted by atomic mass is 9.96. The SMILES string of the molecule is [B]c1cccc(N(C)C)c1. The van der Waals surface area contributed by atoms with Crippen LogP contribution in [0.4, 0.5) is 5.69 Å². The van der Waals surface area contributed by atoms with E-state index in [2.05, 4.69) is 0 Å². The van der Waals surface area contributed by atoms with Crippen LogP contribution in [0.15, 0.2) is 24.3 Å². The molecule has 0 saturated carbocycles. The van der Waals surface area contributed by atoms with Crippen molar-refractivity contribution >= 4 is 19.0 Å². The maximum absolute atomic E-state index is 5.57. The van der Waals surface area contributed by atoms with Crippen LogP contribution in [0.2, 0.25) is 0 Å². The van der Waals surface area contributed by atoms with Gasteiger partial charge >= 0.3 is 0 Å². The second-order valence-corrected chi connectivity index (χ2v) is 2.49. The molecule has 0 atom stereocenters. The Balaban J connectivity index is 2.96. The average molecular weight is 131 g/mol.